The summed E-state index contributed by atoms with van der Waals surface area (Å²) in [6.45, 7) is 3.94. The van der Waals surface area contributed by atoms with Gasteiger partial charge in [0, 0.05) is 4.47 Å². The Morgan fingerprint density at radius 1 is 1.38 bits per heavy atom. The summed E-state index contributed by atoms with van der Waals surface area (Å²) in [5.41, 5.74) is -0.125. The van der Waals surface area contributed by atoms with E-state index in [1.165, 1.54) is 12.1 Å². The third-order valence-corrected chi connectivity index (χ3v) is 2.26. The van der Waals surface area contributed by atoms with Crippen LogP contribution < -0.4 is 4.74 Å². The van der Waals surface area contributed by atoms with E-state index in [2.05, 4.69) is 15.9 Å². The van der Waals surface area contributed by atoms with Crippen molar-refractivity contribution in [2.45, 2.75) is 13.8 Å². The molecular formula is C11H12BrFO3. The lowest BCUT2D eigenvalue weighted by Crippen LogP contribution is -2.09. The van der Waals surface area contributed by atoms with Crippen LogP contribution in [0.25, 0.3) is 0 Å². The molecule has 88 valence electrons. The van der Waals surface area contributed by atoms with Crippen molar-refractivity contribution in [3.05, 3.63) is 28.0 Å². The van der Waals surface area contributed by atoms with Gasteiger partial charge in [0.15, 0.2) is 11.6 Å². The molecule has 0 atom stereocenters. The van der Waals surface area contributed by atoms with Gasteiger partial charge in [0.1, 0.15) is 5.56 Å². The molecule has 5 heteroatoms. The highest BCUT2D eigenvalue weighted by molar-refractivity contribution is 9.10. The van der Waals surface area contributed by atoms with Crippen molar-refractivity contribution in [3.8, 4) is 5.75 Å². The van der Waals surface area contributed by atoms with Crippen LogP contribution in [-0.2, 0) is 4.74 Å². The average Bonchev–Trinajstić information content (AvgIpc) is 2.23. The zero-order valence-electron chi connectivity index (χ0n) is 9.05. The molecule has 0 saturated carbocycles. The Balaban J connectivity index is 3.13. The van der Waals surface area contributed by atoms with Crippen LogP contribution in [0.1, 0.15) is 24.2 Å². The number of esters is 1. The Morgan fingerprint density at radius 2 is 2.06 bits per heavy atom. The van der Waals surface area contributed by atoms with E-state index < -0.39 is 11.8 Å². The number of carbonyl (C=O) groups is 1. The molecule has 0 aliphatic heterocycles. The summed E-state index contributed by atoms with van der Waals surface area (Å²) < 4.78 is 24.2. The van der Waals surface area contributed by atoms with Gasteiger partial charge in [0.05, 0.1) is 13.2 Å². The van der Waals surface area contributed by atoms with Crippen LogP contribution >= 0.6 is 15.9 Å². The smallest absolute Gasteiger partial charge is 0.341 e. The van der Waals surface area contributed by atoms with Gasteiger partial charge in [0.25, 0.3) is 0 Å². The molecule has 1 aromatic rings. The number of hydrogen-bond acceptors (Lipinski definition) is 3. The first-order valence-electron chi connectivity index (χ1n) is 4.89. The summed E-state index contributed by atoms with van der Waals surface area (Å²) in [7, 11) is 0. The van der Waals surface area contributed by atoms with Crippen molar-refractivity contribution < 1.29 is 18.7 Å². The number of halogens is 2. The number of carbonyl (C=O) groups excluding carboxylic acids is 1. The highest BCUT2D eigenvalue weighted by Gasteiger charge is 2.18. The van der Waals surface area contributed by atoms with Crippen molar-refractivity contribution in [3.63, 3.8) is 0 Å². The number of ether oxygens (including phenoxy) is 2. The van der Waals surface area contributed by atoms with Gasteiger partial charge in [0.2, 0.25) is 0 Å². The van der Waals surface area contributed by atoms with Crippen LogP contribution in [0.15, 0.2) is 16.6 Å². The average molecular weight is 291 g/mol. The quantitative estimate of drug-likeness (QED) is 0.799. The van der Waals surface area contributed by atoms with Crippen LogP contribution in [0.3, 0.4) is 0 Å². The van der Waals surface area contributed by atoms with Gasteiger partial charge in [-0.2, -0.15) is 0 Å². The van der Waals surface area contributed by atoms with E-state index in [-0.39, 0.29) is 17.9 Å². The van der Waals surface area contributed by atoms with Gasteiger partial charge < -0.3 is 9.47 Å². The number of rotatable bonds is 4. The van der Waals surface area contributed by atoms with E-state index in [4.69, 9.17) is 9.47 Å². The van der Waals surface area contributed by atoms with E-state index in [9.17, 15) is 9.18 Å². The Labute approximate surface area is 102 Å². The maximum atomic E-state index is 13.8. The van der Waals surface area contributed by atoms with Gasteiger partial charge in [-0.05, 0) is 26.0 Å². The fourth-order valence-electron chi connectivity index (χ4n) is 1.18. The third kappa shape index (κ3) is 2.95. The molecule has 0 N–H and O–H groups in total. The van der Waals surface area contributed by atoms with Gasteiger partial charge in [-0.15, -0.1) is 0 Å². The predicted octanol–water partition coefficient (Wildman–Crippen LogP) is 3.16. The monoisotopic (exact) mass is 290 g/mol. The summed E-state index contributed by atoms with van der Waals surface area (Å²) in [5, 5.41) is 0. The molecule has 0 bridgehead atoms. The van der Waals surface area contributed by atoms with Crippen molar-refractivity contribution in [2.75, 3.05) is 13.2 Å². The summed E-state index contributed by atoms with van der Waals surface area (Å²) >= 11 is 3.18. The standard InChI is InChI=1S/C11H12BrFO3/c1-3-15-9-6-7(12)5-8(10(9)13)11(14)16-4-2/h5-6H,3-4H2,1-2H3. The molecule has 0 unspecified atom stereocenters. The molecule has 0 heterocycles. The summed E-state index contributed by atoms with van der Waals surface area (Å²) in [5.74, 6) is -1.34. The van der Waals surface area contributed by atoms with Crippen LogP contribution in [0.2, 0.25) is 0 Å². The minimum absolute atomic E-state index is 0.0416. The normalized spacial score (nSPS) is 10.0. The van der Waals surface area contributed by atoms with Crippen LogP contribution in [0.5, 0.6) is 5.75 Å². The van der Waals surface area contributed by atoms with Gasteiger partial charge >= 0.3 is 5.97 Å². The molecule has 0 aromatic heterocycles. The Hall–Kier alpha value is -1.10. The number of benzene rings is 1. The number of hydrogen-bond donors (Lipinski definition) is 0. The molecule has 0 saturated heterocycles. The topological polar surface area (TPSA) is 35.5 Å². The highest BCUT2D eigenvalue weighted by atomic mass is 79.9. The SMILES string of the molecule is CCOC(=O)c1cc(Br)cc(OCC)c1F. The van der Waals surface area contributed by atoms with E-state index in [1.54, 1.807) is 13.8 Å². The van der Waals surface area contributed by atoms with Crippen LogP contribution in [-0.4, -0.2) is 19.2 Å². The highest BCUT2D eigenvalue weighted by Crippen LogP contribution is 2.26. The Bertz CT molecular complexity index is 393. The van der Waals surface area contributed by atoms with Crippen LogP contribution in [0.4, 0.5) is 4.39 Å². The van der Waals surface area contributed by atoms with Gasteiger partial charge in [-0.25, -0.2) is 9.18 Å². The minimum atomic E-state index is -0.692. The van der Waals surface area contributed by atoms with Crippen LogP contribution in [0, 0.1) is 5.82 Å². The largest absolute Gasteiger partial charge is 0.491 e. The van der Waals surface area contributed by atoms with Crippen molar-refractivity contribution in [2.24, 2.45) is 0 Å². The summed E-state index contributed by atoms with van der Waals surface area (Å²) in [4.78, 5) is 11.4. The minimum Gasteiger partial charge on any atom is -0.491 e. The van der Waals surface area contributed by atoms with E-state index >= 15 is 0 Å². The maximum absolute atomic E-state index is 13.8. The molecule has 16 heavy (non-hydrogen) atoms. The molecule has 0 radical (unpaired) electrons. The van der Waals surface area contributed by atoms with E-state index in [1.807, 2.05) is 0 Å². The molecule has 3 nitrogen and oxygen atoms in total. The first-order chi connectivity index (χ1) is 7.60. The van der Waals surface area contributed by atoms with E-state index in [0.29, 0.717) is 11.1 Å². The first kappa shape index (κ1) is 13.0. The second-order valence-corrected chi connectivity index (χ2v) is 3.83. The second kappa shape index (κ2) is 5.84. The molecule has 1 aromatic carbocycles. The molecule has 0 aliphatic rings. The first-order valence-corrected chi connectivity index (χ1v) is 5.68. The fraction of sp³-hybridized carbons (Fsp3) is 0.364. The zero-order chi connectivity index (χ0) is 12.1. The summed E-state index contributed by atoms with van der Waals surface area (Å²) in [6.07, 6.45) is 0. The Kier molecular flexibility index (Phi) is 4.73. The van der Waals surface area contributed by atoms with Crippen molar-refractivity contribution in [1.82, 2.24) is 0 Å². The molecule has 1 rings (SSSR count). The maximum Gasteiger partial charge on any atom is 0.341 e. The lowest BCUT2D eigenvalue weighted by Gasteiger charge is -2.09. The lowest BCUT2D eigenvalue weighted by atomic mass is 10.2. The lowest BCUT2D eigenvalue weighted by molar-refractivity contribution is 0.0520. The van der Waals surface area contributed by atoms with Crippen molar-refractivity contribution >= 4 is 21.9 Å². The Morgan fingerprint density at radius 3 is 2.62 bits per heavy atom. The zero-order valence-corrected chi connectivity index (χ0v) is 10.6. The molecule has 0 fully saturated rings. The molecule has 0 amide bonds. The molecule has 0 aliphatic carbocycles. The molecular weight excluding hydrogens is 279 g/mol. The van der Waals surface area contributed by atoms with E-state index in [0.717, 1.165) is 0 Å². The molecule has 0 spiro atoms. The van der Waals surface area contributed by atoms with Crippen molar-refractivity contribution in [1.29, 1.82) is 0 Å². The summed E-state index contributed by atoms with van der Waals surface area (Å²) in [6, 6.07) is 2.84. The van der Waals surface area contributed by atoms with Gasteiger partial charge in [-0.1, -0.05) is 15.9 Å². The second-order valence-electron chi connectivity index (χ2n) is 2.92. The third-order valence-electron chi connectivity index (χ3n) is 1.80. The predicted molar refractivity (Wildman–Crippen MR) is 61.2 cm³/mol. The fourth-order valence-corrected chi connectivity index (χ4v) is 1.62. The van der Waals surface area contributed by atoms with Gasteiger partial charge in [-0.3, -0.25) is 0 Å².